The van der Waals surface area contributed by atoms with Crippen LogP contribution in [-0.4, -0.2) is 46.9 Å². The third kappa shape index (κ3) is 3.26. The van der Waals surface area contributed by atoms with E-state index < -0.39 is 0 Å². The molecule has 1 saturated heterocycles. The van der Waals surface area contributed by atoms with Gasteiger partial charge in [-0.25, -0.2) is 4.52 Å². The fourth-order valence-corrected chi connectivity index (χ4v) is 2.41. The number of nitrogens with zero attached hydrogens (tertiary/aromatic N) is 3. The molecule has 0 aromatic carbocycles. The molecule has 0 spiro atoms. The predicted molar refractivity (Wildman–Crippen MR) is 78.1 cm³/mol. The van der Waals surface area contributed by atoms with Crippen LogP contribution in [0.25, 0.3) is 5.65 Å². The molecule has 20 heavy (non-hydrogen) atoms. The highest BCUT2D eigenvalue weighted by Crippen LogP contribution is 2.08. The van der Waals surface area contributed by atoms with Gasteiger partial charge in [-0.15, -0.1) is 5.10 Å². The zero-order valence-electron chi connectivity index (χ0n) is 11.8. The first kappa shape index (κ1) is 13.3. The van der Waals surface area contributed by atoms with Crippen LogP contribution >= 0.6 is 0 Å². The standard InChI is InChI=1S/C14H21N5O/c1-11-4-8-19-13(10-11)17-14(18-19)16-7-9-20-12-2-5-15-6-3-12/h4,8,10,12,15H,2-3,5-7,9H2,1H3,(H,16,18). The fourth-order valence-electron chi connectivity index (χ4n) is 2.41. The Morgan fingerprint density at radius 2 is 2.30 bits per heavy atom. The third-order valence-electron chi connectivity index (χ3n) is 3.52. The molecule has 6 nitrogen and oxygen atoms in total. The smallest absolute Gasteiger partial charge is 0.243 e. The SMILES string of the molecule is Cc1ccn2nc(NCCOC3CCNCC3)nc2c1. The maximum absolute atomic E-state index is 5.83. The van der Waals surface area contributed by atoms with Crippen LogP contribution in [0.15, 0.2) is 18.3 Å². The van der Waals surface area contributed by atoms with Crippen molar-refractivity contribution in [3.8, 4) is 0 Å². The van der Waals surface area contributed by atoms with Gasteiger partial charge in [0.25, 0.3) is 0 Å². The zero-order valence-corrected chi connectivity index (χ0v) is 11.8. The summed E-state index contributed by atoms with van der Waals surface area (Å²) in [6.07, 6.45) is 4.53. The highest BCUT2D eigenvalue weighted by Gasteiger charge is 2.12. The van der Waals surface area contributed by atoms with E-state index in [1.807, 2.05) is 18.3 Å². The molecule has 1 aliphatic heterocycles. The quantitative estimate of drug-likeness (QED) is 0.803. The number of nitrogens with one attached hydrogen (secondary N) is 2. The normalized spacial score (nSPS) is 16.6. The van der Waals surface area contributed by atoms with Crippen molar-refractivity contribution in [2.75, 3.05) is 31.6 Å². The number of rotatable bonds is 5. The highest BCUT2D eigenvalue weighted by molar-refractivity contribution is 5.45. The van der Waals surface area contributed by atoms with Crippen LogP contribution in [0.1, 0.15) is 18.4 Å². The summed E-state index contributed by atoms with van der Waals surface area (Å²) in [6, 6.07) is 4.04. The van der Waals surface area contributed by atoms with Crippen molar-refractivity contribution in [2.24, 2.45) is 0 Å². The Kier molecular flexibility index (Phi) is 4.13. The van der Waals surface area contributed by atoms with Crippen molar-refractivity contribution < 1.29 is 4.74 Å². The second-order valence-electron chi connectivity index (χ2n) is 5.19. The molecule has 6 heteroatoms. The van der Waals surface area contributed by atoms with Crippen LogP contribution in [0.2, 0.25) is 0 Å². The Morgan fingerprint density at radius 3 is 3.15 bits per heavy atom. The Labute approximate surface area is 118 Å². The molecule has 2 aromatic heterocycles. The lowest BCUT2D eigenvalue weighted by Gasteiger charge is -2.22. The number of fused-ring (bicyclic) bond motifs is 1. The van der Waals surface area contributed by atoms with Gasteiger partial charge >= 0.3 is 0 Å². The molecule has 3 heterocycles. The third-order valence-corrected chi connectivity index (χ3v) is 3.52. The van der Waals surface area contributed by atoms with Gasteiger partial charge in [0.15, 0.2) is 5.65 Å². The molecule has 0 aliphatic carbocycles. The van der Waals surface area contributed by atoms with E-state index in [1.165, 1.54) is 5.56 Å². The van der Waals surface area contributed by atoms with E-state index in [0.29, 0.717) is 18.7 Å². The maximum Gasteiger partial charge on any atom is 0.243 e. The van der Waals surface area contributed by atoms with Gasteiger partial charge in [-0.1, -0.05) is 0 Å². The van der Waals surface area contributed by atoms with Gasteiger partial charge in [0.2, 0.25) is 5.95 Å². The molecule has 1 aliphatic rings. The summed E-state index contributed by atoms with van der Waals surface area (Å²) in [5.41, 5.74) is 2.05. The number of piperidine rings is 1. The van der Waals surface area contributed by atoms with Gasteiger partial charge in [-0.05, 0) is 50.6 Å². The number of aromatic nitrogens is 3. The molecule has 0 radical (unpaired) electrons. The van der Waals surface area contributed by atoms with E-state index in [9.17, 15) is 0 Å². The van der Waals surface area contributed by atoms with Gasteiger partial charge < -0.3 is 15.4 Å². The Hall–Kier alpha value is -1.66. The molecule has 108 valence electrons. The van der Waals surface area contributed by atoms with Crippen LogP contribution in [0, 0.1) is 6.92 Å². The molecular formula is C14H21N5O. The van der Waals surface area contributed by atoms with Crippen molar-refractivity contribution in [1.29, 1.82) is 0 Å². The number of anilines is 1. The molecule has 0 atom stereocenters. The molecular weight excluding hydrogens is 254 g/mol. The summed E-state index contributed by atoms with van der Waals surface area (Å²) in [7, 11) is 0. The monoisotopic (exact) mass is 275 g/mol. The van der Waals surface area contributed by atoms with Crippen molar-refractivity contribution in [3.63, 3.8) is 0 Å². The largest absolute Gasteiger partial charge is 0.376 e. The van der Waals surface area contributed by atoms with E-state index in [0.717, 1.165) is 38.1 Å². The molecule has 3 rings (SSSR count). The number of pyridine rings is 1. The number of hydrogen-bond donors (Lipinski definition) is 2. The average molecular weight is 275 g/mol. The van der Waals surface area contributed by atoms with Crippen LogP contribution in [0.3, 0.4) is 0 Å². The number of ether oxygens (including phenoxy) is 1. The van der Waals surface area contributed by atoms with E-state index >= 15 is 0 Å². The summed E-state index contributed by atoms with van der Waals surface area (Å²) in [5, 5.41) is 10.9. The second kappa shape index (κ2) is 6.19. The minimum atomic E-state index is 0.398. The Balaban J connectivity index is 1.47. The molecule has 1 fully saturated rings. The zero-order chi connectivity index (χ0) is 13.8. The molecule has 0 amide bonds. The van der Waals surface area contributed by atoms with Crippen LogP contribution in [-0.2, 0) is 4.74 Å². The molecule has 2 aromatic rings. The van der Waals surface area contributed by atoms with Gasteiger partial charge in [-0.2, -0.15) is 4.98 Å². The predicted octanol–water partition coefficient (Wildman–Crippen LogP) is 1.22. The van der Waals surface area contributed by atoms with Crippen LogP contribution in [0.5, 0.6) is 0 Å². The van der Waals surface area contributed by atoms with Gasteiger partial charge in [0, 0.05) is 12.7 Å². The van der Waals surface area contributed by atoms with E-state index in [4.69, 9.17) is 4.74 Å². The number of hydrogen-bond acceptors (Lipinski definition) is 5. The minimum absolute atomic E-state index is 0.398. The minimum Gasteiger partial charge on any atom is -0.376 e. The Bertz CT molecular complexity index is 562. The van der Waals surface area contributed by atoms with Crippen molar-refractivity contribution in [1.82, 2.24) is 19.9 Å². The summed E-state index contributed by atoms with van der Waals surface area (Å²) < 4.78 is 7.61. The lowest BCUT2D eigenvalue weighted by atomic mass is 10.1. The first-order valence-corrected chi connectivity index (χ1v) is 7.20. The average Bonchev–Trinajstić information content (AvgIpc) is 2.86. The molecule has 2 N–H and O–H groups in total. The van der Waals surface area contributed by atoms with E-state index in [2.05, 4.69) is 27.6 Å². The van der Waals surface area contributed by atoms with Crippen LogP contribution < -0.4 is 10.6 Å². The first-order valence-electron chi connectivity index (χ1n) is 7.20. The van der Waals surface area contributed by atoms with Gasteiger partial charge in [0.05, 0.1) is 12.7 Å². The summed E-state index contributed by atoms with van der Waals surface area (Å²) >= 11 is 0. The molecule has 0 saturated carbocycles. The van der Waals surface area contributed by atoms with Gasteiger partial charge in [-0.3, -0.25) is 0 Å². The maximum atomic E-state index is 5.83. The van der Waals surface area contributed by atoms with Crippen molar-refractivity contribution in [3.05, 3.63) is 23.9 Å². The summed E-state index contributed by atoms with van der Waals surface area (Å²) in [6.45, 7) is 5.60. The fraction of sp³-hybridized carbons (Fsp3) is 0.571. The van der Waals surface area contributed by atoms with Gasteiger partial charge in [0.1, 0.15) is 0 Å². The van der Waals surface area contributed by atoms with E-state index in [-0.39, 0.29) is 0 Å². The van der Waals surface area contributed by atoms with Crippen LogP contribution in [0.4, 0.5) is 5.95 Å². The van der Waals surface area contributed by atoms with Crippen molar-refractivity contribution >= 4 is 11.6 Å². The van der Waals surface area contributed by atoms with Crippen molar-refractivity contribution in [2.45, 2.75) is 25.9 Å². The molecule has 0 unspecified atom stereocenters. The Morgan fingerprint density at radius 1 is 1.45 bits per heavy atom. The summed E-state index contributed by atoms with van der Waals surface area (Å²) in [5.74, 6) is 0.657. The summed E-state index contributed by atoms with van der Waals surface area (Å²) in [4.78, 5) is 4.43. The lowest BCUT2D eigenvalue weighted by Crippen LogP contribution is -2.33. The lowest BCUT2D eigenvalue weighted by molar-refractivity contribution is 0.0394. The topological polar surface area (TPSA) is 63.5 Å². The van der Waals surface area contributed by atoms with E-state index in [1.54, 1.807) is 4.52 Å². The molecule has 0 bridgehead atoms. The number of aryl methyl sites for hydroxylation is 1. The second-order valence-corrected chi connectivity index (χ2v) is 5.19. The highest BCUT2D eigenvalue weighted by atomic mass is 16.5. The first-order chi connectivity index (χ1) is 9.81.